The Balaban J connectivity index is 1.57. The minimum Gasteiger partial charge on any atom is -0.376 e. The highest BCUT2D eigenvalue weighted by Crippen LogP contribution is 2.24. The Hall–Kier alpha value is -2.25. The molecule has 1 amide bonds. The summed E-state index contributed by atoms with van der Waals surface area (Å²) < 4.78 is 7.47. The van der Waals surface area contributed by atoms with Gasteiger partial charge in [0.05, 0.1) is 22.6 Å². The normalized spacial score (nSPS) is 17.4. The molecule has 1 aromatic carbocycles. The van der Waals surface area contributed by atoms with Gasteiger partial charge in [-0.25, -0.2) is 9.97 Å². The molecule has 1 atom stereocenters. The van der Waals surface area contributed by atoms with Crippen LogP contribution in [0.2, 0.25) is 0 Å². The number of hydrogen-bond acceptors (Lipinski definition) is 5. The number of hydrogen-bond donors (Lipinski definition) is 1. The molecule has 0 aliphatic carbocycles. The summed E-state index contributed by atoms with van der Waals surface area (Å²) in [7, 11) is 0. The van der Waals surface area contributed by atoms with E-state index in [1.54, 1.807) is 5.51 Å². The smallest absolute Gasteiger partial charge is 0.240 e. The molecular weight excluding hydrogens is 324 g/mol. The molecule has 2 aromatic heterocycles. The van der Waals surface area contributed by atoms with Crippen molar-refractivity contribution in [1.29, 1.82) is 0 Å². The molecule has 1 N–H and O–H groups in total. The van der Waals surface area contributed by atoms with Crippen LogP contribution in [0, 0.1) is 0 Å². The lowest BCUT2D eigenvalue weighted by molar-refractivity contribution is -0.122. The van der Waals surface area contributed by atoms with Crippen molar-refractivity contribution in [2.45, 2.75) is 25.5 Å². The van der Waals surface area contributed by atoms with Crippen LogP contribution in [-0.2, 0) is 16.1 Å². The first kappa shape index (κ1) is 15.3. The summed E-state index contributed by atoms with van der Waals surface area (Å²) in [6.07, 6.45) is 2.23. The zero-order valence-corrected chi connectivity index (χ0v) is 14.0. The van der Waals surface area contributed by atoms with Crippen LogP contribution in [0.5, 0.6) is 0 Å². The number of para-hydroxylation sites is 2. The van der Waals surface area contributed by atoms with Gasteiger partial charge >= 0.3 is 0 Å². The van der Waals surface area contributed by atoms with Gasteiger partial charge in [-0.1, -0.05) is 12.1 Å². The van der Waals surface area contributed by atoms with E-state index in [1.807, 2.05) is 34.2 Å². The van der Waals surface area contributed by atoms with Crippen LogP contribution in [0.3, 0.4) is 0 Å². The fraction of sp³-hybridized carbons (Fsp3) is 0.353. The molecule has 1 aliphatic heterocycles. The largest absolute Gasteiger partial charge is 0.376 e. The molecular formula is C17H18N4O2S. The molecule has 7 heteroatoms. The van der Waals surface area contributed by atoms with E-state index in [2.05, 4.69) is 15.3 Å². The molecule has 3 heterocycles. The van der Waals surface area contributed by atoms with Crippen LogP contribution in [0.25, 0.3) is 22.6 Å². The molecule has 1 aliphatic rings. The van der Waals surface area contributed by atoms with Gasteiger partial charge in [0.2, 0.25) is 5.91 Å². The summed E-state index contributed by atoms with van der Waals surface area (Å²) in [6.45, 7) is 1.58. The van der Waals surface area contributed by atoms with E-state index in [9.17, 15) is 4.79 Å². The molecule has 0 saturated carbocycles. The molecule has 24 heavy (non-hydrogen) atoms. The van der Waals surface area contributed by atoms with Gasteiger partial charge in [-0.3, -0.25) is 4.79 Å². The molecule has 0 unspecified atom stereocenters. The molecule has 1 saturated heterocycles. The highest BCUT2D eigenvalue weighted by molar-refractivity contribution is 7.07. The topological polar surface area (TPSA) is 69.0 Å². The predicted molar refractivity (Wildman–Crippen MR) is 92.8 cm³/mol. The molecule has 1 fully saturated rings. The monoisotopic (exact) mass is 342 g/mol. The summed E-state index contributed by atoms with van der Waals surface area (Å²) in [4.78, 5) is 21.4. The number of thiazole rings is 1. The third-order valence-corrected chi connectivity index (χ3v) is 4.76. The fourth-order valence-electron chi connectivity index (χ4n) is 2.99. The van der Waals surface area contributed by atoms with Crippen molar-refractivity contribution in [1.82, 2.24) is 19.9 Å². The lowest BCUT2D eigenvalue weighted by atomic mass is 10.2. The molecule has 0 radical (unpaired) electrons. The quantitative estimate of drug-likeness (QED) is 0.773. The van der Waals surface area contributed by atoms with Crippen molar-refractivity contribution in [3.63, 3.8) is 0 Å². The number of nitrogens with one attached hydrogen (secondary N) is 1. The summed E-state index contributed by atoms with van der Waals surface area (Å²) >= 11 is 1.52. The van der Waals surface area contributed by atoms with E-state index in [0.29, 0.717) is 6.54 Å². The van der Waals surface area contributed by atoms with Crippen molar-refractivity contribution in [2.75, 3.05) is 13.2 Å². The summed E-state index contributed by atoms with van der Waals surface area (Å²) in [5.74, 6) is 0.690. The van der Waals surface area contributed by atoms with E-state index < -0.39 is 0 Å². The average Bonchev–Trinajstić information content (AvgIpc) is 3.34. The van der Waals surface area contributed by atoms with E-state index in [-0.39, 0.29) is 18.6 Å². The number of fused-ring (bicyclic) bond motifs is 1. The first-order valence-electron chi connectivity index (χ1n) is 8.03. The summed E-state index contributed by atoms with van der Waals surface area (Å²) in [6, 6.07) is 7.83. The highest BCUT2D eigenvalue weighted by atomic mass is 32.1. The second-order valence-electron chi connectivity index (χ2n) is 5.82. The van der Waals surface area contributed by atoms with Gasteiger partial charge in [0, 0.05) is 18.5 Å². The first-order valence-corrected chi connectivity index (χ1v) is 8.97. The zero-order valence-electron chi connectivity index (χ0n) is 13.1. The van der Waals surface area contributed by atoms with E-state index in [0.717, 1.165) is 42.0 Å². The number of ether oxygens (including phenoxy) is 1. The Bertz CT molecular complexity index is 838. The maximum absolute atomic E-state index is 12.4. The number of carbonyl (C=O) groups is 1. The van der Waals surface area contributed by atoms with E-state index in [4.69, 9.17) is 4.74 Å². The van der Waals surface area contributed by atoms with Gasteiger partial charge < -0.3 is 14.6 Å². The zero-order chi connectivity index (χ0) is 16.4. The lowest BCUT2D eigenvalue weighted by Gasteiger charge is -2.12. The van der Waals surface area contributed by atoms with Crippen molar-refractivity contribution >= 4 is 28.3 Å². The Morgan fingerprint density at radius 1 is 1.42 bits per heavy atom. The third kappa shape index (κ3) is 3.05. The maximum Gasteiger partial charge on any atom is 0.240 e. The predicted octanol–water partition coefficient (Wildman–Crippen LogP) is 2.46. The van der Waals surface area contributed by atoms with Crippen LogP contribution in [0.1, 0.15) is 12.8 Å². The number of rotatable bonds is 5. The van der Waals surface area contributed by atoms with Gasteiger partial charge in [-0.05, 0) is 25.0 Å². The van der Waals surface area contributed by atoms with E-state index in [1.165, 1.54) is 11.3 Å². The van der Waals surface area contributed by atoms with Gasteiger partial charge in [-0.15, -0.1) is 11.3 Å². The Kier molecular flexibility index (Phi) is 4.27. The van der Waals surface area contributed by atoms with Gasteiger partial charge in [0.25, 0.3) is 0 Å². The number of nitrogens with zero attached hydrogens (tertiary/aromatic N) is 3. The van der Waals surface area contributed by atoms with Crippen LogP contribution in [0.4, 0.5) is 0 Å². The second kappa shape index (κ2) is 6.70. The van der Waals surface area contributed by atoms with Crippen molar-refractivity contribution in [3.8, 4) is 11.5 Å². The molecule has 0 bridgehead atoms. The Labute approximate surface area is 143 Å². The standard InChI is InChI=1S/C17H18N4O2S/c22-16(18-8-12-4-3-7-23-12)9-21-15-6-2-1-5-13(15)20-17(21)14-10-24-11-19-14/h1-2,5-6,10-12H,3-4,7-9H2,(H,18,22)/t12-/m0/s1. The summed E-state index contributed by atoms with van der Waals surface area (Å²) in [5.41, 5.74) is 4.37. The first-order chi connectivity index (χ1) is 11.8. The van der Waals surface area contributed by atoms with Gasteiger partial charge in [0.15, 0.2) is 5.82 Å². The van der Waals surface area contributed by atoms with Gasteiger partial charge in [-0.2, -0.15) is 0 Å². The molecule has 0 spiro atoms. The Morgan fingerprint density at radius 2 is 2.33 bits per heavy atom. The average molecular weight is 342 g/mol. The SMILES string of the molecule is O=C(Cn1c(-c2cscn2)nc2ccccc21)NC[C@@H]1CCCO1. The van der Waals surface area contributed by atoms with Crippen LogP contribution in [-0.4, -0.2) is 39.7 Å². The fourth-order valence-corrected chi connectivity index (χ4v) is 3.52. The molecule has 3 aromatic rings. The molecule has 4 rings (SSSR count). The number of amides is 1. The minimum atomic E-state index is -0.0369. The van der Waals surface area contributed by atoms with Crippen LogP contribution in [0.15, 0.2) is 35.2 Å². The van der Waals surface area contributed by atoms with Crippen molar-refractivity contribution in [2.24, 2.45) is 0 Å². The number of carbonyl (C=O) groups excluding carboxylic acids is 1. The summed E-state index contributed by atoms with van der Waals surface area (Å²) in [5, 5.41) is 4.92. The van der Waals surface area contributed by atoms with E-state index >= 15 is 0 Å². The molecule has 124 valence electrons. The maximum atomic E-state index is 12.4. The Morgan fingerprint density at radius 3 is 3.12 bits per heavy atom. The van der Waals surface area contributed by atoms with Crippen molar-refractivity contribution in [3.05, 3.63) is 35.2 Å². The number of benzene rings is 1. The van der Waals surface area contributed by atoms with Gasteiger partial charge in [0.1, 0.15) is 12.2 Å². The number of aromatic nitrogens is 3. The number of imidazole rings is 1. The minimum absolute atomic E-state index is 0.0369. The van der Waals surface area contributed by atoms with Crippen LogP contribution >= 0.6 is 11.3 Å². The second-order valence-corrected chi connectivity index (χ2v) is 6.54. The highest BCUT2D eigenvalue weighted by Gasteiger charge is 2.19. The van der Waals surface area contributed by atoms with Crippen molar-refractivity contribution < 1.29 is 9.53 Å². The lowest BCUT2D eigenvalue weighted by Crippen LogP contribution is -2.34. The van der Waals surface area contributed by atoms with Crippen LogP contribution < -0.4 is 5.32 Å². The molecule has 6 nitrogen and oxygen atoms in total. The third-order valence-electron chi connectivity index (χ3n) is 4.17.